The molecule has 1 saturated carbocycles. The van der Waals surface area contributed by atoms with E-state index in [4.69, 9.17) is 0 Å². The molecule has 1 N–H and O–H groups in total. The van der Waals surface area contributed by atoms with E-state index < -0.39 is 0 Å². The van der Waals surface area contributed by atoms with Gasteiger partial charge < -0.3 is 5.32 Å². The minimum absolute atomic E-state index is 0.768. The molecule has 1 aliphatic rings. The van der Waals surface area contributed by atoms with Gasteiger partial charge in [0.2, 0.25) is 0 Å². The molecule has 1 fully saturated rings. The topological polar surface area (TPSA) is 28.2 Å². The van der Waals surface area contributed by atoms with E-state index >= 15 is 0 Å². The van der Waals surface area contributed by atoms with Crippen LogP contribution in [0.25, 0.3) is 0 Å². The van der Waals surface area contributed by atoms with Crippen molar-refractivity contribution in [2.75, 3.05) is 19.6 Å². The molecule has 0 spiro atoms. The Bertz CT molecular complexity index is 333. The van der Waals surface area contributed by atoms with Gasteiger partial charge in [-0.05, 0) is 30.4 Å². The SMILES string of the molecule is CC(C)CN(CCNCc1cccnc1)C1CC1. The van der Waals surface area contributed by atoms with Crippen LogP contribution in [-0.2, 0) is 6.54 Å². The predicted octanol–water partition coefficient (Wildman–Crippen LogP) is 2.29. The summed E-state index contributed by atoms with van der Waals surface area (Å²) in [4.78, 5) is 6.77. The molecule has 0 atom stereocenters. The van der Waals surface area contributed by atoms with Crippen LogP contribution < -0.4 is 5.32 Å². The minimum atomic E-state index is 0.768. The van der Waals surface area contributed by atoms with Gasteiger partial charge >= 0.3 is 0 Å². The van der Waals surface area contributed by atoms with Crippen molar-refractivity contribution in [1.29, 1.82) is 0 Å². The molecule has 3 nitrogen and oxygen atoms in total. The van der Waals surface area contributed by atoms with E-state index in [0.29, 0.717) is 0 Å². The second-order valence-electron chi connectivity index (χ2n) is 5.66. The van der Waals surface area contributed by atoms with Crippen LogP contribution in [0.2, 0.25) is 0 Å². The number of nitrogens with one attached hydrogen (secondary N) is 1. The summed E-state index contributed by atoms with van der Waals surface area (Å²) in [7, 11) is 0. The van der Waals surface area contributed by atoms with Crippen LogP contribution in [0.4, 0.5) is 0 Å². The molecule has 0 amide bonds. The Hall–Kier alpha value is -0.930. The first-order valence-electron chi connectivity index (χ1n) is 7.09. The molecule has 0 aromatic carbocycles. The van der Waals surface area contributed by atoms with E-state index in [9.17, 15) is 0 Å². The molecule has 0 bridgehead atoms. The maximum Gasteiger partial charge on any atom is 0.0312 e. The Balaban J connectivity index is 1.64. The lowest BCUT2D eigenvalue weighted by Gasteiger charge is -2.24. The molecule has 1 heterocycles. The van der Waals surface area contributed by atoms with Crippen molar-refractivity contribution >= 4 is 0 Å². The zero-order valence-corrected chi connectivity index (χ0v) is 11.6. The Kier molecular flexibility index (Phi) is 5.14. The first-order chi connectivity index (χ1) is 8.75. The molecule has 0 aliphatic heterocycles. The van der Waals surface area contributed by atoms with Gasteiger partial charge in [0, 0.05) is 44.6 Å². The summed E-state index contributed by atoms with van der Waals surface area (Å²) in [6.45, 7) is 9.01. The van der Waals surface area contributed by atoms with Crippen molar-refractivity contribution in [3.63, 3.8) is 0 Å². The molecule has 0 saturated heterocycles. The average Bonchev–Trinajstić information content (AvgIpc) is 3.18. The Labute approximate surface area is 111 Å². The predicted molar refractivity (Wildman–Crippen MR) is 75.4 cm³/mol. The van der Waals surface area contributed by atoms with Crippen LogP contribution >= 0.6 is 0 Å². The number of pyridine rings is 1. The van der Waals surface area contributed by atoms with E-state index in [-0.39, 0.29) is 0 Å². The third-order valence-corrected chi connectivity index (χ3v) is 3.29. The number of hydrogen-bond acceptors (Lipinski definition) is 3. The van der Waals surface area contributed by atoms with Gasteiger partial charge in [-0.3, -0.25) is 9.88 Å². The number of nitrogens with zero attached hydrogens (tertiary/aromatic N) is 2. The van der Waals surface area contributed by atoms with Crippen molar-refractivity contribution in [1.82, 2.24) is 15.2 Å². The highest BCUT2D eigenvalue weighted by molar-refractivity contribution is 5.07. The van der Waals surface area contributed by atoms with Gasteiger partial charge in [-0.2, -0.15) is 0 Å². The number of rotatable bonds is 8. The fourth-order valence-corrected chi connectivity index (χ4v) is 2.29. The largest absolute Gasteiger partial charge is 0.311 e. The van der Waals surface area contributed by atoms with Crippen LogP contribution in [0.5, 0.6) is 0 Å². The van der Waals surface area contributed by atoms with Gasteiger partial charge in [-0.1, -0.05) is 19.9 Å². The van der Waals surface area contributed by atoms with Crippen LogP contribution in [0.1, 0.15) is 32.3 Å². The number of hydrogen-bond donors (Lipinski definition) is 1. The van der Waals surface area contributed by atoms with Crippen LogP contribution in [0.3, 0.4) is 0 Å². The maximum atomic E-state index is 4.13. The van der Waals surface area contributed by atoms with Crippen LogP contribution in [0, 0.1) is 5.92 Å². The first-order valence-corrected chi connectivity index (χ1v) is 7.09. The molecular formula is C15H25N3. The summed E-state index contributed by atoms with van der Waals surface area (Å²) in [6, 6.07) is 4.98. The van der Waals surface area contributed by atoms with Crippen molar-refractivity contribution < 1.29 is 0 Å². The Morgan fingerprint density at radius 1 is 1.44 bits per heavy atom. The van der Waals surface area contributed by atoms with Crippen molar-refractivity contribution in [3.05, 3.63) is 30.1 Å². The smallest absolute Gasteiger partial charge is 0.0312 e. The average molecular weight is 247 g/mol. The fraction of sp³-hybridized carbons (Fsp3) is 0.667. The van der Waals surface area contributed by atoms with Gasteiger partial charge in [0.25, 0.3) is 0 Å². The standard InChI is InChI=1S/C15H25N3/c1-13(2)12-18(15-5-6-15)9-8-17-11-14-4-3-7-16-10-14/h3-4,7,10,13,15,17H,5-6,8-9,11-12H2,1-2H3. The van der Waals surface area contributed by atoms with Gasteiger partial charge in [-0.25, -0.2) is 0 Å². The number of aromatic nitrogens is 1. The lowest BCUT2D eigenvalue weighted by molar-refractivity contribution is 0.234. The van der Waals surface area contributed by atoms with E-state index in [1.807, 2.05) is 18.5 Å². The van der Waals surface area contributed by atoms with E-state index in [0.717, 1.165) is 25.0 Å². The van der Waals surface area contributed by atoms with Gasteiger partial charge in [0.05, 0.1) is 0 Å². The molecule has 0 radical (unpaired) electrons. The van der Waals surface area contributed by atoms with E-state index in [1.54, 1.807) is 0 Å². The quantitative estimate of drug-likeness (QED) is 0.714. The third kappa shape index (κ3) is 4.75. The third-order valence-electron chi connectivity index (χ3n) is 3.29. The lowest BCUT2D eigenvalue weighted by Crippen LogP contribution is -2.36. The minimum Gasteiger partial charge on any atom is -0.311 e. The fourth-order valence-electron chi connectivity index (χ4n) is 2.29. The molecule has 1 aliphatic carbocycles. The van der Waals surface area contributed by atoms with Crippen LogP contribution in [-0.4, -0.2) is 35.6 Å². The first kappa shape index (κ1) is 13.5. The van der Waals surface area contributed by atoms with Gasteiger partial charge in [0.15, 0.2) is 0 Å². The van der Waals surface area contributed by atoms with E-state index in [1.165, 1.54) is 31.5 Å². The summed E-state index contributed by atoms with van der Waals surface area (Å²) >= 11 is 0. The van der Waals surface area contributed by atoms with Crippen LogP contribution in [0.15, 0.2) is 24.5 Å². The molecule has 1 aromatic heterocycles. The van der Waals surface area contributed by atoms with Gasteiger partial charge in [-0.15, -0.1) is 0 Å². The Morgan fingerprint density at radius 2 is 2.28 bits per heavy atom. The second-order valence-corrected chi connectivity index (χ2v) is 5.66. The molecule has 2 rings (SSSR count). The van der Waals surface area contributed by atoms with Crippen molar-refractivity contribution in [2.24, 2.45) is 5.92 Å². The normalized spacial score (nSPS) is 15.6. The summed E-state index contributed by atoms with van der Waals surface area (Å²) in [5, 5.41) is 3.51. The molecule has 1 aromatic rings. The molecule has 18 heavy (non-hydrogen) atoms. The van der Waals surface area contributed by atoms with Crippen molar-refractivity contribution in [3.8, 4) is 0 Å². The van der Waals surface area contributed by atoms with E-state index in [2.05, 4.69) is 35.1 Å². The molecule has 3 heteroatoms. The second kappa shape index (κ2) is 6.86. The summed E-state index contributed by atoms with van der Waals surface area (Å²) < 4.78 is 0. The highest BCUT2D eigenvalue weighted by Crippen LogP contribution is 2.26. The maximum absolute atomic E-state index is 4.13. The monoisotopic (exact) mass is 247 g/mol. The Morgan fingerprint density at radius 3 is 2.89 bits per heavy atom. The zero-order chi connectivity index (χ0) is 12.8. The molecule has 100 valence electrons. The van der Waals surface area contributed by atoms with Crippen molar-refractivity contribution in [2.45, 2.75) is 39.3 Å². The zero-order valence-electron chi connectivity index (χ0n) is 11.6. The summed E-state index contributed by atoms with van der Waals surface area (Å²) in [6.07, 6.45) is 6.55. The van der Waals surface area contributed by atoms with Gasteiger partial charge in [0.1, 0.15) is 0 Å². The highest BCUT2D eigenvalue weighted by Gasteiger charge is 2.28. The summed E-state index contributed by atoms with van der Waals surface area (Å²) in [5.74, 6) is 0.768. The molecular weight excluding hydrogens is 222 g/mol. The molecule has 0 unspecified atom stereocenters. The highest BCUT2D eigenvalue weighted by atomic mass is 15.2. The summed E-state index contributed by atoms with van der Waals surface area (Å²) in [5.41, 5.74) is 1.26. The lowest BCUT2D eigenvalue weighted by atomic mass is 10.2.